The Balaban J connectivity index is 1.90. The molecule has 15 heavy (non-hydrogen) atoms. The molecule has 1 aliphatic carbocycles. The van der Waals surface area contributed by atoms with Crippen molar-refractivity contribution in [3.8, 4) is 6.07 Å². The van der Waals surface area contributed by atoms with Crippen molar-refractivity contribution in [2.75, 3.05) is 6.61 Å². The summed E-state index contributed by atoms with van der Waals surface area (Å²) in [6.45, 7) is 0.969. The number of nitrogens with zero attached hydrogens (tertiary/aromatic N) is 1. The first-order valence-corrected chi connectivity index (χ1v) is 5.99. The fourth-order valence-electron chi connectivity index (χ4n) is 1.80. The molecule has 80 valence electrons. The molecule has 1 aliphatic rings. The van der Waals surface area contributed by atoms with E-state index in [-0.39, 0.29) is 12.1 Å². The topological polar surface area (TPSA) is 56.0 Å². The molecule has 1 aromatic rings. The first-order chi connectivity index (χ1) is 7.28. The summed E-state index contributed by atoms with van der Waals surface area (Å²) in [7, 11) is 0. The van der Waals surface area contributed by atoms with Gasteiger partial charge in [0.1, 0.15) is 6.07 Å². The molecule has 0 amide bonds. The van der Waals surface area contributed by atoms with Crippen molar-refractivity contribution in [2.45, 2.75) is 31.3 Å². The van der Waals surface area contributed by atoms with Gasteiger partial charge in [0.15, 0.2) is 0 Å². The third-order valence-corrected chi connectivity index (χ3v) is 3.97. The summed E-state index contributed by atoms with van der Waals surface area (Å²) in [6, 6.07) is 4.02. The van der Waals surface area contributed by atoms with Crippen molar-refractivity contribution in [2.24, 2.45) is 0 Å². The lowest BCUT2D eigenvalue weighted by Crippen LogP contribution is -2.53. The number of nitriles is 1. The SMILES string of the molecule is N#Cc1csc(CNC2(CO)CCC2)c1. The van der Waals surface area contributed by atoms with E-state index in [4.69, 9.17) is 5.26 Å². The number of rotatable bonds is 4. The van der Waals surface area contributed by atoms with Crippen molar-refractivity contribution in [1.82, 2.24) is 5.32 Å². The zero-order valence-electron chi connectivity index (χ0n) is 8.49. The number of thiophene rings is 1. The van der Waals surface area contributed by atoms with Gasteiger partial charge in [-0.1, -0.05) is 0 Å². The lowest BCUT2D eigenvalue weighted by molar-refractivity contribution is 0.0875. The Labute approximate surface area is 93.4 Å². The molecule has 0 aromatic carbocycles. The summed E-state index contributed by atoms with van der Waals surface area (Å²) in [6.07, 6.45) is 3.31. The average molecular weight is 222 g/mol. The monoisotopic (exact) mass is 222 g/mol. The summed E-state index contributed by atoms with van der Waals surface area (Å²) in [5.41, 5.74) is 0.681. The Hall–Kier alpha value is -0.890. The van der Waals surface area contributed by atoms with Gasteiger partial charge in [-0.15, -0.1) is 11.3 Å². The largest absolute Gasteiger partial charge is 0.394 e. The number of aliphatic hydroxyl groups excluding tert-OH is 1. The molecule has 3 nitrogen and oxygen atoms in total. The van der Waals surface area contributed by atoms with E-state index in [9.17, 15) is 5.11 Å². The van der Waals surface area contributed by atoms with Crippen molar-refractivity contribution in [1.29, 1.82) is 5.26 Å². The molecule has 0 unspecified atom stereocenters. The van der Waals surface area contributed by atoms with Crippen LogP contribution in [0.4, 0.5) is 0 Å². The summed E-state index contributed by atoms with van der Waals surface area (Å²) in [4.78, 5) is 1.16. The zero-order valence-corrected chi connectivity index (χ0v) is 9.31. The standard InChI is InChI=1S/C11H14N2OS/c12-5-9-4-10(15-7-9)6-13-11(8-14)2-1-3-11/h4,7,13-14H,1-3,6,8H2. The van der Waals surface area contributed by atoms with Crippen LogP contribution in [0.25, 0.3) is 0 Å². The minimum atomic E-state index is -0.0448. The van der Waals surface area contributed by atoms with Crippen LogP contribution in [0.3, 0.4) is 0 Å². The summed E-state index contributed by atoms with van der Waals surface area (Å²) >= 11 is 1.59. The summed E-state index contributed by atoms with van der Waals surface area (Å²) < 4.78 is 0. The van der Waals surface area contributed by atoms with Crippen LogP contribution in [0, 0.1) is 11.3 Å². The highest BCUT2D eigenvalue weighted by molar-refractivity contribution is 7.10. The van der Waals surface area contributed by atoms with Gasteiger partial charge in [0.05, 0.1) is 12.2 Å². The second-order valence-electron chi connectivity index (χ2n) is 4.06. The molecule has 0 spiro atoms. The second kappa shape index (κ2) is 4.31. The lowest BCUT2D eigenvalue weighted by atomic mass is 9.77. The molecule has 4 heteroatoms. The van der Waals surface area contributed by atoms with Crippen LogP contribution in [-0.4, -0.2) is 17.3 Å². The quantitative estimate of drug-likeness (QED) is 0.814. The Morgan fingerprint density at radius 3 is 2.87 bits per heavy atom. The van der Waals surface area contributed by atoms with Gasteiger partial charge in [-0.25, -0.2) is 0 Å². The van der Waals surface area contributed by atoms with Gasteiger partial charge < -0.3 is 10.4 Å². The van der Waals surface area contributed by atoms with E-state index in [1.807, 2.05) is 11.4 Å². The molecule has 1 heterocycles. The highest BCUT2D eigenvalue weighted by Gasteiger charge is 2.35. The summed E-state index contributed by atoms with van der Waals surface area (Å²) in [5.74, 6) is 0. The van der Waals surface area contributed by atoms with E-state index in [0.717, 1.165) is 29.8 Å². The van der Waals surface area contributed by atoms with Gasteiger partial charge in [0, 0.05) is 22.3 Å². The van der Waals surface area contributed by atoms with Crippen LogP contribution < -0.4 is 5.32 Å². The molecule has 0 atom stereocenters. The van der Waals surface area contributed by atoms with Gasteiger partial charge in [0.2, 0.25) is 0 Å². The minimum absolute atomic E-state index is 0.0448. The van der Waals surface area contributed by atoms with Gasteiger partial charge in [-0.05, 0) is 25.3 Å². The predicted octanol–water partition coefficient (Wildman–Crippen LogP) is 1.62. The molecular formula is C11H14N2OS. The Morgan fingerprint density at radius 1 is 1.60 bits per heavy atom. The maximum absolute atomic E-state index is 9.25. The zero-order chi connectivity index (χ0) is 10.7. The molecule has 2 N–H and O–H groups in total. The van der Waals surface area contributed by atoms with Crippen molar-refractivity contribution >= 4 is 11.3 Å². The van der Waals surface area contributed by atoms with Crippen molar-refractivity contribution < 1.29 is 5.11 Å². The highest BCUT2D eigenvalue weighted by Crippen LogP contribution is 2.31. The fraction of sp³-hybridized carbons (Fsp3) is 0.545. The van der Waals surface area contributed by atoms with E-state index in [0.29, 0.717) is 0 Å². The first kappa shape index (κ1) is 10.6. The van der Waals surface area contributed by atoms with Crippen molar-refractivity contribution in [3.05, 3.63) is 21.9 Å². The minimum Gasteiger partial charge on any atom is -0.394 e. The third-order valence-electron chi connectivity index (χ3n) is 3.03. The normalized spacial score (nSPS) is 18.1. The molecule has 0 saturated heterocycles. The van der Waals surface area contributed by atoms with Crippen molar-refractivity contribution in [3.63, 3.8) is 0 Å². The number of hydrogen-bond acceptors (Lipinski definition) is 4. The van der Waals surface area contributed by atoms with Crippen LogP contribution in [0.2, 0.25) is 0 Å². The molecular weight excluding hydrogens is 208 g/mol. The maximum Gasteiger partial charge on any atom is 0.100 e. The molecule has 1 saturated carbocycles. The van der Waals surface area contributed by atoms with E-state index < -0.39 is 0 Å². The predicted molar refractivity (Wildman–Crippen MR) is 59.5 cm³/mol. The lowest BCUT2D eigenvalue weighted by Gasteiger charge is -2.41. The number of nitrogens with one attached hydrogen (secondary N) is 1. The molecule has 0 aliphatic heterocycles. The van der Waals surface area contributed by atoms with Crippen LogP contribution in [0.1, 0.15) is 29.7 Å². The Bertz CT molecular complexity index is 371. The van der Waals surface area contributed by atoms with Gasteiger partial charge in [0.25, 0.3) is 0 Å². The van der Waals surface area contributed by atoms with E-state index in [2.05, 4.69) is 11.4 Å². The Morgan fingerprint density at radius 2 is 2.40 bits per heavy atom. The maximum atomic E-state index is 9.25. The van der Waals surface area contributed by atoms with E-state index >= 15 is 0 Å². The molecule has 0 radical (unpaired) electrons. The number of aliphatic hydroxyl groups is 1. The Kier molecular flexibility index (Phi) is 3.06. The van der Waals surface area contributed by atoms with E-state index in [1.54, 1.807) is 11.3 Å². The van der Waals surface area contributed by atoms with Gasteiger partial charge >= 0.3 is 0 Å². The third kappa shape index (κ3) is 2.20. The van der Waals surface area contributed by atoms with Gasteiger partial charge in [-0.3, -0.25) is 0 Å². The molecule has 1 aromatic heterocycles. The van der Waals surface area contributed by atoms with E-state index in [1.165, 1.54) is 6.42 Å². The average Bonchev–Trinajstić information content (AvgIpc) is 2.65. The molecule has 1 fully saturated rings. The van der Waals surface area contributed by atoms with Crippen LogP contribution >= 0.6 is 11.3 Å². The number of hydrogen-bond donors (Lipinski definition) is 2. The van der Waals surface area contributed by atoms with Crippen LogP contribution in [0.5, 0.6) is 0 Å². The summed E-state index contributed by atoms with van der Waals surface area (Å²) in [5, 5.41) is 23.2. The molecule has 0 bridgehead atoms. The van der Waals surface area contributed by atoms with Crippen LogP contribution in [-0.2, 0) is 6.54 Å². The first-order valence-electron chi connectivity index (χ1n) is 5.11. The fourth-order valence-corrected chi connectivity index (χ4v) is 2.55. The highest BCUT2D eigenvalue weighted by atomic mass is 32.1. The molecule has 2 rings (SSSR count). The van der Waals surface area contributed by atoms with Gasteiger partial charge in [-0.2, -0.15) is 5.26 Å². The smallest absolute Gasteiger partial charge is 0.100 e. The van der Waals surface area contributed by atoms with Crippen LogP contribution in [0.15, 0.2) is 11.4 Å². The second-order valence-corrected chi connectivity index (χ2v) is 5.05.